The normalized spacial score (nSPS) is 21.3. The second-order valence-corrected chi connectivity index (χ2v) is 5.34. The van der Waals surface area contributed by atoms with E-state index in [0.29, 0.717) is 0 Å². The van der Waals surface area contributed by atoms with Crippen LogP contribution in [0.4, 0.5) is 4.39 Å². The molecule has 0 spiro atoms. The van der Waals surface area contributed by atoms with Crippen LogP contribution in [0.15, 0.2) is 18.2 Å². The van der Waals surface area contributed by atoms with Crippen LogP contribution in [0.2, 0.25) is 5.02 Å². The quantitative estimate of drug-likeness (QED) is 0.916. The Balaban J connectivity index is 2.11. The van der Waals surface area contributed by atoms with Crippen LogP contribution in [-0.4, -0.2) is 48.2 Å². The lowest BCUT2D eigenvalue weighted by Crippen LogP contribution is -2.44. The molecule has 1 amide bonds. The summed E-state index contributed by atoms with van der Waals surface area (Å²) < 4.78 is 18.8. The third-order valence-electron chi connectivity index (χ3n) is 3.65. The monoisotopic (exact) mass is 315 g/mol. The maximum absolute atomic E-state index is 13.7. The van der Waals surface area contributed by atoms with Crippen LogP contribution >= 0.6 is 11.6 Å². The minimum atomic E-state index is -1.01. The second kappa shape index (κ2) is 6.41. The van der Waals surface area contributed by atoms with Gasteiger partial charge in [0.1, 0.15) is 11.7 Å². The number of hydrogen-bond donors (Lipinski definition) is 1. The number of carboxylic acid groups (broad SMARTS) is 1. The highest BCUT2D eigenvalue weighted by Gasteiger charge is 2.38. The van der Waals surface area contributed by atoms with Gasteiger partial charge in [-0.3, -0.25) is 9.59 Å². The summed E-state index contributed by atoms with van der Waals surface area (Å²) in [6, 6.07) is 3.64. The van der Waals surface area contributed by atoms with Crippen molar-refractivity contribution < 1.29 is 23.8 Å². The number of hydrogen-bond acceptors (Lipinski definition) is 3. The summed E-state index contributed by atoms with van der Waals surface area (Å²) in [5.41, 5.74) is 0.113. The molecule has 0 radical (unpaired) electrons. The summed E-state index contributed by atoms with van der Waals surface area (Å²) in [6.45, 7) is 0.224. The molecular formula is C14H15ClFNO4. The van der Waals surface area contributed by atoms with Crippen LogP contribution in [-0.2, 0) is 20.7 Å². The number of ether oxygens (including phenoxy) is 1. The first-order valence-corrected chi connectivity index (χ1v) is 6.78. The highest BCUT2D eigenvalue weighted by Crippen LogP contribution is 2.23. The number of rotatable bonds is 4. The zero-order valence-corrected chi connectivity index (χ0v) is 12.1. The number of carboxylic acids is 1. The van der Waals surface area contributed by atoms with Crippen LogP contribution in [0.3, 0.4) is 0 Å². The topological polar surface area (TPSA) is 66.8 Å². The molecule has 1 aromatic carbocycles. The molecule has 114 valence electrons. The van der Waals surface area contributed by atoms with Gasteiger partial charge in [-0.25, -0.2) is 4.39 Å². The lowest BCUT2D eigenvalue weighted by atomic mass is 10.0. The van der Waals surface area contributed by atoms with Gasteiger partial charge in [0, 0.05) is 17.6 Å². The van der Waals surface area contributed by atoms with Crippen LogP contribution in [0.1, 0.15) is 5.56 Å². The van der Waals surface area contributed by atoms with E-state index in [-0.39, 0.29) is 30.2 Å². The van der Waals surface area contributed by atoms with Gasteiger partial charge < -0.3 is 14.7 Å². The van der Waals surface area contributed by atoms with Crippen molar-refractivity contribution in [3.05, 3.63) is 34.6 Å². The van der Waals surface area contributed by atoms with Gasteiger partial charge in [-0.1, -0.05) is 17.7 Å². The fourth-order valence-electron chi connectivity index (χ4n) is 2.32. The molecular weight excluding hydrogens is 301 g/mol. The van der Waals surface area contributed by atoms with E-state index in [4.69, 9.17) is 21.4 Å². The molecule has 2 unspecified atom stereocenters. The molecule has 0 aliphatic carbocycles. The molecule has 1 aliphatic rings. The van der Waals surface area contributed by atoms with E-state index in [1.807, 2.05) is 0 Å². The van der Waals surface area contributed by atoms with Gasteiger partial charge in [-0.15, -0.1) is 0 Å². The maximum Gasteiger partial charge on any atom is 0.311 e. The van der Waals surface area contributed by atoms with E-state index in [2.05, 4.69) is 0 Å². The van der Waals surface area contributed by atoms with Crippen molar-refractivity contribution in [3.63, 3.8) is 0 Å². The first kappa shape index (κ1) is 15.7. The molecule has 1 aromatic rings. The molecule has 2 atom stereocenters. The number of carbonyl (C=O) groups excluding carboxylic acids is 1. The number of benzene rings is 1. The standard InChI is InChI=1S/C14H15ClFNO4/c1-17(12-7-21-6-9(12)14(19)20)13(18)5-8-10(15)3-2-4-11(8)16/h2-4,9,12H,5-7H2,1H3,(H,19,20). The third-order valence-corrected chi connectivity index (χ3v) is 4.00. The molecule has 2 rings (SSSR count). The van der Waals surface area contributed by atoms with Crippen molar-refractivity contribution in [1.29, 1.82) is 0 Å². The van der Waals surface area contributed by atoms with Gasteiger partial charge in [0.05, 0.1) is 25.7 Å². The van der Waals surface area contributed by atoms with Crippen molar-refractivity contribution in [2.45, 2.75) is 12.5 Å². The fraction of sp³-hybridized carbons (Fsp3) is 0.429. The van der Waals surface area contributed by atoms with Crippen molar-refractivity contribution >= 4 is 23.5 Å². The van der Waals surface area contributed by atoms with E-state index in [9.17, 15) is 14.0 Å². The first-order valence-electron chi connectivity index (χ1n) is 6.41. The minimum Gasteiger partial charge on any atom is -0.481 e. The SMILES string of the molecule is CN(C(=O)Cc1c(F)cccc1Cl)C1COCC1C(=O)O. The van der Waals surface area contributed by atoms with E-state index < -0.39 is 29.7 Å². The summed E-state index contributed by atoms with van der Waals surface area (Å²) >= 11 is 5.89. The molecule has 0 saturated carbocycles. The highest BCUT2D eigenvalue weighted by molar-refractivity contribution is 6.31. The molecule has 1 heterocycles. The van der Waals surface area contributed by atoms with E-state index >= 15 is 0 Å². The number of likely N-dealkylation sites (N-methyl/N-ethyl adjacent to an activating group) is 1. The zero-order chi connectivity index (χ0) is 15.6. The number of halogens is 2. The average molecular weight is 316 g/mol. The molecule has 0 bridgehead atoms. The van der Waals surface area contributed by atoms with Gasteiger partial charge in [0.15, 0.2) is 0 Å². The Kier molecular flexibility index (Phi) is 4.80. The Morgan fingerprint density at radius 1 is 1.48 bits per heavy atom. The van der Waals surface area contributed by atoms with Crippen molar-refractivity contribution in [2.75, 3.05) is 20.3 Å². The smallest absolute Gasteiger partial charge is 0.311 e. The van der Waals surface area contributed by atoms with Gasteiger partial charge >= 0.3 is 5.97 Å². The average Bonchev–Trinajstić information content (AvgIpc) is 2.91. The minimum absolute atomic E-state index is 0.0675. The summed E-state index contributed by atoms with van der Waals surface area (Å²) in [5, 5.41) is 9.27. The summed E-state index contributed by atoms with van der Waals surface area (Å²) in [4.78, 5) is 24.6. The second-order valence-electron chi connectivity index (χ2n) is 4.93. The van der Waals surface area contributed by atoms with Gasteiger partial charge in [-0.2, -0.15) is 0 Å². The maximum atomic E-state index is 13.7. The van der Waals surface area contributed by atoms with Gasteiger partial charge in [0.2, 0.25) is 5.91 Å². The van der Waals surface area contributed by atoms with Crippen LogP contribution in [0.5, 0.6) is 0 Å². The number of carbonyl (C=O) groups is 2. The summed E-state index contributed by atoms with van der Waals surface area (Å²) in [6.07, 6.45) is -0.217. The molecule has 5 nitrogen and oxygen atoms in total. The Morgan fingerprint density at radius 2 is 2.19 bits per heavy atom. The summed E-state index contributed by atoms with van der Waals surface area (Å²) in [5.74, 6) is -2.73. The van der Waals surface area contributed by atoms with Crippen LogP contribution in [0.25, 0.3) is 0 Å². The van der Waals surface area contributed by atoms with Gasteiger partial charge in [0.25, 0.3) is 0 Å². The summed E-state index contributed by atoms with van der Waals surface area (Å²) in [7, 11) is 1.49. The Morgan fingerprint density at radius 3 is 2.81 bits per heavy atom. The highest BCUT2D eigenvalue weighted by atomic mass is 35.5. The predicted octanol–water partition coefficient (Wildman–Crippen LogP) is 1.58. The Labute approximate surface area is 126 Å². The van der Waals surface area contributed by atoms with Crippen LogP contribution < -0.4 is 0 Å². The fourth-order valence-corrected chi connectivity index (χ4v) is 2.55. The molecule has 1 fully saturated rings. The van der Waals surface area contributed by atoms with E-state index in [0.717, 1.165) is 0 Å². The van der Waals surface area contributed by atoms with Crippen molar-refractivity contribution in [3.8, 4) is 0 Å². The predicted molar refractivity (Wildman–Crippen MR) is 73.6 cm³/mol. The molecule has 1 saturated heterocycles. The lowest BCUT2D eigenvalue weighted by molar-refractivity contribution is -0.144. The number of nitrogens with zero attached hydrogens (tertiary/aromatic N) is 1. The Bertz CT molecular complexity index is 546. The Hall–Kier alpha value is -1.66. The molecule has 7 heteroatoms. The molecule has 21 heavy (non-hydrogen) atoms. The third kappa shape index (κ3) is 3.33. The molecule has 0 aromatic heterocycles. The number of aliphatic carboxylic acids is 1. The first-order chi connectivity index (χ1) is 9.91. The lowest BCUT2D eigenvalue weighted by Gasteiger charge is -2.26. The number of amides is 1. The largest absolute Gasteiger partial charge is 0.481 e. The van der Waals surface area contributed by atoms with Crippen LogP contribution in [0, 0.1) is 11.7 Å². The van der Waals surface area contributed by atoms with E-state index in [1.54, 1.807) is 0 Å². The molecule has 1 N–H and O–H groups in total. The van der Waals surface area contributed by atoms with E-state index in [1.165, 1.54) is 30.1 Å². The van der Waals surface area contributed by atoms with Crippen molar-refractivity contribution in [2.24, 2.45) is 5.92 Å². The zero-order valence-electron chi connectivity index (χ0n) is 11.4. The molecule has 1 aliphatic heterocycles. The van der Waals surface area contributed by atoms with Gasteiger partial charge in [-0.05, 0) is 12.1 Å². The van der Waals surface area contributed by atoms with Crippen molar-refractivity contribution in [1.82, 2.24) is 4.90 Å².